The van der Waals surface area contributed by atoms with Crippen LogP contribution >= 0.6 is 0 Å². The molecule has 1 atom stereocenters. The van der Waals surface area contributed by atoms with E-state index in [2.05, 4.69) is 10.0 Å². The van der Waals surface area contributed by atoms with Crippen molar-refractivity contribution in [2.24, 2.45) is 0 Å². The Labute approximate surface area is 136 Å². The fourth-order valence-electron chi connectivity index (χ4n) is 2.21. The molecule has 2 rings (SSSR count). The van der Waals surface area contributed by atoms with E-state index in [1.54, 1.807) is 25.1 Å². The SMILES string of the molecule is Cc1ccccc1S(=O)(=O)NCC(=O)NC(C)c1ccccc1. The van der Waals surface area contributed by atoms with Gasteiger partial charge in [0.15, 0.2) is 0 Å². The van der Waals surface area contributed by atoms with Gasteiger partial charge >= 0.3 is 0 Å². The molecule has 0 heterocycles. The fraction of sp³-hybridized carbons (Fsp3) is 0.235. The van der Waals surface area contributed by atoms with Crippen LogP contribution in [0.1, 0.15) is 24.1 Å². The highest BCUT2D eigenvalue weighted by Gasteiger charge is 2.18. The second-order valence-electron chi connectivity index (χ2n) is 5.29. The predicted molar refractivity (Wildman–Crippen MR) is 89.4 cm³/mol. The van der Waals surface area contributed by atoms with E-state index in [1.165, 1.54) is 6.07 Å². The van der Waals surface area contributed by atoms with Crippen molar-refractivity contribution in [3.63, 3.8) is 0 Å². The van der Waals surface area contributed by atoms with Crippen LogP contribution in [-0.4, -0.2) is 20.9 Å². The molecule has 0 aliphatic carbocycles. The molecular weight excluding hydrogens is 312 g/mol. The summed E-state index contributed by atoms with van der Waals surface area (Å²) in [5.74, 6) is -0.376. The van der Waals surface area contributed by atoms with Crippen molar-refractivity contribution >= 4 is 15.9 Å². The molecule has 0 spiro atoms. The molecule has 0 saturated carbocycles. The molecule has 6 heteroatoms. The third-order valence-electron chi connectivity index (χ3n) is 3.48. The Balaban J connectivity index is 1.95. The molecular formula is C17H20N2O3S. The van der Waals surface area contributed by atoms with Crippen molar-refractivity contribution in [3.05, 3.63) is 65.7 Å². The monoisotopic (exact) mass is 332 g/mol. The van der Waals surface area contributed by atoms with Gasteiger partial charge in [-0.1, -0.05) is 48.5 Å². The molecule has 0 aliphatic rings. The van der Waals surface area contributed by atoms with Crippen molar-refractivity contribution in [1.82, 2.24) is 10.0 Å². The van der Waals surface area contributed by atoms with Crippen LogP contribution in [0.15, 0.2) is 59.5 Å². The summed E-state index contributed by atoms with van der Waals surface area (Å²) in [7, 11) is -3.70. The summed E-state index contributed by atoms with van der Waals surface area (Å²) in [6.07, 6.45) is 0. The van der Waals surface area contributed by atoms with Gasteiger partial charge in [0, 0.05) is 0 Å². The Morgan fingerprint density at radius 2 is 1.65 bits per heavy atom. The largest absolute Gasteiger partial charge is 0.348 e. The topological polar surface area (TPSA) is 75.3 Å². The number of aryl methyl sites for hydroxylation is 1. The molecule has 23 heavy (non-hydrogen) atoms. The maximum Gasteiger partial charge on any atom is 0.241 e. The maximum atomic E-state index is 12.2. The summed E-state index contributed by atoms with van der Waals surface area (Å²) < 4.78 is 26.8. The van der Waals surface area contributed by atoms with Crippen LogP contribution in [-0.2, 0) is 14.8 Å². The minimum Gasteiger partial charge on any atom is -0.348 e. The number of carbonyl (C=O) groups is 1. The molecule has 0 radical (unpaired) electrons. The van der Waals surface area contributed by atoms with Gasteiger partial charge in [-0.05, 0) is 31.0 Å². The standard InChI is InChI=1S/C17H20N2O3S/c1-13-8-6-7-11-16(13)23(21,22)18-12-17(20)19-14(2)15-9-4-3-5-10-15/h3-11,14,18H,12H2,1-2H3,(H,19,20). The van der Waals surface area contributed by atoms with Gasteiger partial charge in [-0.15, -0.1) is 0 Å². The Hall–Kier alpha value is -2.18. The lowest BCUT2D eigenvalue weighted by atomic mass is 10.1. The van der Waals surface area contributed by atoms with Gasteiger partial charge in [-0.25, -0.2) is 13.1 Å². The van der Waals surface area contributed by atoms with Crippen molar-refractivity contribution in [1.29, 1.82) is 0 Å². The number of sulfonamides is 1. The summed E-state index contributed by atoms with van der Waals surface area (Å²) in [5, 5.41) is 2.77. The van der Waals surface area contributed by atoms with E-state index in [0.717, 1.165) is 5.56 Å². The Kier molecular flexibility index (Phi) is 5.52. The zero-order valence-electron chi connectivity index (χ0n) is 13.1. The number of hydrogen-bond donors (Lipinski definition) is 2. The van der Waals surface area contributed by atoms with E-state index >= 15 is 0 Å². The first-order valence-electron chi connectivity index (χ1n) is 7.30. The van der Waals surface area contributed by atoms with Crippen molar-refractivity contribution in [2.75, 3.05) is 6.54 Å². The number of hydrogen-bond acceptors (Lipinski definition) is 3. The highest BCUT2D eigenvalue weighted by Crippen LogP contribution is 2.14. The lowest BCUT2D eigenvalue weighted by Gasteiger charge is -2.15. The van der Waals surface area contributed by atoms with Gasteiger partial charge in [-0.2, -0.15) is 0 Å². The van der Waals surface area contributed by atoms with Gasteiger partial charge in [0.1, 0.15) is 0 Å². The normalized spacial score (nSPS) is 12.6. The molecule has 1 amide bonds. The average molecular weight is 332 g/mol. The van der Waals surface area contributed by atoms with Crippen LogP contribution in [0.3, 0.4) is 0 Å². The van der Waals surface area contributed by atoms with Crippen molar-refractivity contribution in [2.45, 2.75) is 24.8 Å². The van der Waals surface area contributed by atoms with E-state index in [-0.39, 0.29) is 23.4 Å². The predicted octanol–water partition coefficient (Wildman–Crippen LogP) is 2.15. The van der Waals surface area contributed by atoms with Gasteiger partial charge in [0.05, 0.1) is 17.5 Å². The quantitative estimate of drug-likeness (QED) is 0.851. The van der Waals surface area contributed by atoms with Crippen LogP contribution in [0.2, 0.25) is 0 Å². The summed E-state index contributed by atoms with van der Waals surface area (Å²) in [6.45, 7) is 3.27. The van der Waals surface area contributed by atoms with Crippen molar-refractivity contribution in [3.8, 4) is 0 Å². The zero-order valence-corrected chi connectivity index (χ0v) is 13.9. The summed E-state index contributed by atoms with van der Waals surface area (Å²) in [5.41, 5.74) is 1.60. The highest BCUT2D eigenvalue weighted by atomic mass is 32.2. The zero-order chi connectivity index (χ0) is 16.9. The maximum absolute atomic E-state index is 12.2. The molecule has 5 nitrogen and oxygen atoms in total. The van der Waals surface area contributed by atoms with E-state index in [0.29, 0.717) is 5.56 Å². The lowest BCUT2D eigenvalue weighted by molar-refractivity contribution is -0.120. The number of nitrogens with one attached hydrogen (secondary N) is 2. The van der Waals surface area contributed by atoms with Gasteiger partial charge < -0.3 is 5.32 Å². The smallest absolute Gasteiger partial charge is 0.241 e. The van der Waals surface area contributed by atoms with Gasteiger partial charge in [-0.3, -0.25) is 4.79 Å². The molecule has 0 bridgehead atoms. The van der Waals surface area contributed by atoms with Crippen LogP contribution in [0.4, 0.5) is 0 Å². The Bertz CT molecular complexity index is 773. The lowest BCUT2D eigenvalue weighted by Crippen LogP contribution is -2.38. The molecule has 1 unspecified atom stereocenters. The molecule has 2 aromatic carbocycles. The second-order valence-corrected chi connectivity index (χ2v) is 7.03. The van der Waals surface area contributed by atoms with E-state index in [4.69, 9.17) is 0 Å². The second kappa shape index (κ2) is 7.39. The molecule has 0 aliphatic heterocycles. The Morgan fingerprint density at radius 3 is 2.30 bits per heavy atom. The fourth-order valence-corrected chi connectivity index (χ4v) is 3.44. The minimum absolute atomic E-state index is 0.184. The molecule has 0 aromatic heterocycles. The van der Waals surface area contributed by atoms with E-state index < -0.39 is 10.0 Å². The first kappa shape index (κ1) is 17.2. The average Bonchev–Trinajstić information content (AvgIpc) is 2.54. The summed E-state index contributed by atoms with van der Waals surface area (Å²) in [4.78, 5) is 12.1. The summed E-state index contributed by atoms with van der Waals surface area (Å²) >= 11 is 0. The van der Waals surface area contributed by atoms with E-state index in [1.807, 2.05) is 37.3 Å². The van der Waals surface area contributed by atoms with Crippen LogP contribution in [0, 0.1) is 6.92 Å². The Morgan fingerprint density at radius 1 is 1.04 bits per heavy atom. The number of rotatable bonds is 6. The molecule has 2 aromatic rings. The molecule has 122 valence electrons. The highest BCUT2D eigenvalue weighted by molar-refractivity contribution is 7.89. The number of amides is 1. The van der Waals surface area contributed by atoms with Crippen LogP contribution in [0.25, 0.3) is 0 Å². The first-order valence-corrected chi connectivity index (χ1v) is 8.78. The van der Waals surface area contributed by atoms with Crippen LogP contribution < -0.4 is 10.0 Å². The molecule has 0 fully saturated rings. The molecule has 0 saturated heterocycles. The van der Waals surface area contributed by atoms with Crippen LogP contribution in [0.5, 0.6) is 0 Å². The minimum atomic E-state index is -3.70. The third-order valence-corrected chi connectivity index (χ3v) is 5.04. The first-order chi connectivity index (χ1) is 10.9. The number of carbonyl (C=O) groups excluding carboxylic acids is 1. The van der Waals surface area contributed by atoms with Crippen molar-refractivity contribution < 1.29 is 13.2 Å². The third kappa shape index (κ3) is 4.64. The van der Waals surface area contributed by atoms with Gasteiger partial charge in [0.25, 0.3) is 0 Å². The molecule has 2 N–H and O–H groups in total. The number of benzene rings is 2. The summed E-state index contributed by atoms with van der Waals surface area (Å²) in [6, 6.07) is 15.9. The van der Waals surface area contributed by atoms with Gasteiger partial charge in [0.2, 0.25) is 15.9 Å². The van der Waals surface area contributed by atoms with E-state index in [9.17, 15) is 13.2 Å².